The van der Waals surface area contributed by atoms with Gasteiger partial charge in [0.25, 0.3) is 5.91 Å². The zero-order valence-corrected chi connectivity index (χ0v) is 11.9. The van der Waals surface area contributed by atoms with Gasteiger partial charge in [0.1, 0.15) is 0 Å². The summed E-state index contributed by atoms with van der Waals surface area (Å²) in [5.41, 5.74) is 6.55. The Kier molecular flexibility index (Phi) is 5.14. The van der Waals surface area contributed by atoms with Gasteiger partial charge in [-0.15, -0.1) is 0 Å². The number of nitrogens with two attached hydrogens (primary N) is 1. The van der Waals surface area contributed by atoms with Gasteiger partial charge in [0.2, 0.25) is 0 Å². The highest BCUT2D eigenvalue weighted by atomic mass is 35.5. The summed E-state index contributed by atoms with van der Waals surface area (Å²) in [5, 5.41) is 3.12. The quantitative estimate of drug-likeness (QED) is 0.892. The van der Waals surface area contributed by atoms with E-state index in [4.69, 9.17) is 22.1 Å². The molecule has 0 heterocycles. The molecule has 0 saturated carbocycles. The minimum atomic E-state index is -0.548. The molecule has 3 N–H and O–H groups in total. The molecule has 2 aromatic rings. The van der Waals surface area contributed by atoms with Gasteiger partial charge in [0.05, 0.1) is 0 Å². The van der Waals surface area contributed by atoms with Crippen LogP contribution in [0.4, 0.5) is 10.1 Å². The summed E-state index contributed by atoms with van der Waals surface area (Å²) < 4.78 is 18.9. The first kappa shape index (κ1) is 15.3. The Morgan fingerprint density at radius 2 is 2.05 bits per heavy atom. The predicted molar refractivity (Wildman–Crippen MR) is 79.9 cm³/mol. The standard InChI is InChI=1S/C15H14ClFN2O2/c16-11-4-2-5-12(7-11)19-14(20)9-21-15-10(8-18)3-1-6-13(15)17/h1-7H,8-9,18H2,(H,19,20). The number of carbonyl (C=O) groups is 1. The van der Waals surface area contributed by atoms with E-state index in [1.165, 1.54) is 12.1 Å². The first-order chi connectivity index (χ1) is 10.1. The van der Waals surface area contributed by atoms with Crippen molar-refractivity contribution in [3.8, 4) is 5.75 Å². The third kappa shape index (κ3) is 4.18. The summed E-state index contributed by atoms with van der Waals surface area (Å²) in [5.74, 6) is -0.960. The molecule has 0 saturated heterocycles. The highest BCUT2D eigenvalue weighted by Crippen LogP contribution is 2.22. The number of benzene rings is 2. The molecule has 0 atom stereocenters. The van der Waals surface area contributed by atoms with Crippen LogP contribution in [-0.2, 0) is 11.3 Å². The van der Waals surface area contributed by atoms with E-state index in [0.717, 1.165) is 0 Å². The van der Waals surface area contributed by atoms with E-state index in [1.807, 2.05) is 0 Å². The fourth-order valence-corrected chi connectivity index (χ4v) is 1.97. The van der Waals surface area contributed by atoms with Crippen LogP contribution in [-0.4, -0.2) is 12.5 Å². The molecule has 6 heteroatoms. The Balaban J connectivity index is 1.99. The number of carbonyl (C=O) groups excluding carboxylic acids is 1. The van der Waals surface area contributed by atoms with Crippen LogP contribution in [0.25, 0.3) is 0 Å². The minimum absolute atomic E-state index is 0.00115. The molecule has 0 spiro atoms. The maximum absolute atomic E-state index is 13.6. The molecule has 110 valence electrons. The van der Waals surface area contributed by atoms with Crippen molar-refractivity contribution in [2.75, 3.05) is 11.9 Å². The van der Waals surface area contributed by atoms with Gasteiger partial charge in [0, 0.05) is 22.8 Å². The van der Waals surface area contributed by atoms with Gasteiger partial charge in [-0.1, -0.05) is 29.8 Å². The SMILES string of the molecule is NCc1cccc(F)c1OCC(=O)Nc1cccc(Cl)c1. The average molecular weight is 309 g/mol. The van der Waals surface area contributed by atoms with Crippen LogP contribution < -0.4 is 15.8 Å². The van der Waals surface area contributed by atoms with Gasteiger partial charge >= 0.3 is 0 Å². The molecule has 4 nitrogen and oxygen atoms in total. The number of rotatable bonds is 5. The maximum Gasteiger partial charge on any atom is 0.262 e. The van der Waals surface area contributed by atoms with E-state index in [0.29, 0.717) is 16.3 Å². The molecule has 2 rings (SSSR count). The average Bonchev–Trinajstić information content (AvgIpc) is 2.45. The van der Waals surface area contributed by atoms with Crippen molar-refractivity contribution in [3.05, 3.63) is 58.9 Å². The number of halogens is 2. The van der Waals surface area contributed by atoms with Crippen LogP contribution in [0.3, 0.4) is 0 Å². The van der Waals surface area contributed by atoms with Crippen LogP contribution in [0.1, 0.15) is 5.56 Å². The number of hydrogen-bond acceptors (Lipinski definition) is 3. The Morgan fingerprint density at radius 1 is 1.29 bits per heavy atom. The van der Waals surface area contributed by atoms with Crippen molar-refractivity contribution in [2.45, 2.75) is 6.54 Å². The molecule has 0 aliphatic heterocycles. The van der Waals surface area contributed by atoms with Crippen molar-refractivity contribution >= 4 is 23.2 Å². The molecule has 0 aromatic heterocycles. The van der Waals surface area contributed by atoms with Gasteiger partial charge in [-0.25, -0.2) is 4.39 Å². The lowest BCUT2D eigenvalue weighted by Gasteiger charge is -2.11. The van der Waals surface area contributed by atoms with E-state index in [-0.39, 0.29) is 18.9 Å². The van der Waals surface area contributed by atoms with E-state index in [9.17, 15) is 9.18 Å². The summed E-state index contributed by atoms with van der Waals surface area (Å²) in [7, 11) is 0. The van der Waals surface area contributed by atoms with Crippen molar-refractivity contribution in [3.63, 3.8) is 0 Å². The molecule has 0 aliphatic rings. The maximum atomic E-state index is 13.6. The number of nitrogens with one attached hydrogen (secondary N) is 1. The number of amides is 1. The third-order valence-electron chi connectivity index (χ3n) is 2.72. The zero-order valence-electron chi connectivity index (χ0n) is 11.1. The van der Waals surface area contributed by atoms with Crippen LogP contribution in [0, 0.1) is 5.82 Å². The summed E-state index contributed by atoms with van der Waals surface area (Å²) in [6.45, 7) is -0.191. The van der Waals surface area contributed by atoms with Crippen molar-refractivity contribution in [2.24, 2.45) is 5.73 Å². The summed E-state index contributed by atoms with van der Waals surface area (Å²) in [4.78, 5) is 11.8. The normalized spacial score (nSPS) is 10.2. The third-order valence-corrected chi connectivity index (χ3v) is 2.96. The van der Waals surface area contributed by atoms with Gasteiger partial charge in [-0.3, -0.25) is 4.79 Å². The monoisotopic (exact) mass is 308 g/mol. The van der Waals surface area contributed by atoms with Crippen molar-refractivity contribution in [1.29, 1.82) is 0 Å². The Labute approximate surface area is 126 Å². The van der Waals surface area contributed by atoms with Crippen LogP contribution in [0.5, 0.6) is 5.75 Å². The van der Waals surface area contributed by atoms with E-state index in [1.54, 1.807) is 30.3 Å². The molecule has 0 radical (unpaired) electrons. The number of hydrogen-bond donors (Lipinski definition) is 2. The topological polar surface area (TPSA) is 64.3 Å². The highest BCUT2D eigenvalue weighted by Gasteiger charge is 2.11. The molecular weight excluding hydrogens is 295 g/mol. The Hall–Kier alpha value is -2.11. The fourth-order valence-electron chi connectivity index (χ4n) is 1.78. The lowest BCUT2D eigenvalue weighted by atomic mass is 10.2. The van der Waals surface area contributed by atoms with Crippen molar-refractivity contribution in [1.82, 2.24) is 0 Å². The smallest absolute Gasteiger partial charge is 0.262 e. The Morgan fingerprint density at radius 3 is 2.76 bits per heavy atom. The van der Waals surface area contributed by atoms with E-state index >= 15 is 0 Å². The zero-order chi connectivity index (χ0) is 15.2. The minimum Gasteiger partial charge on any atom is -0.480 e. The van der Waals surface area contributed by atoms with Gasteiger partial charge in [0.15, 0.2) is 18.2 Å². The van der Waals surface area contributed by atoms with Crippen LogP contribution in [0.15, 0.2) is 42.5 Å². The van der Waals surface area contributed by atoms with Crippen LogP contribution in [0.2, 0.25) is 5.02 Å². The van der Waals surface area contributed by atoms with E-state index in [2.05, 4.69) is 5.32 Å². The second kappa shape index (κ2) is 7.06. The predicted octanol–water partition coefficient (Wildman–Crippen LogP) is 2.96. The molecule has 2 aromatic carbocycles. The summed E-state index contributed by atoms with van der Waals surface area (Å²) >= 11 is 5.82. The molecule has 21 heavy (non-hydrogen) atoms. The summed E-state index contributed by atoms with van der Waals surface area (Å²) in [6, 6.07) is 11.1. The number of para-hydroxylation sites is 1. The number of ether oxygens (including phenoxy) is 1. The summed E-state index contributed by atoms with van der Waals surface area (Å²) in [6.07, 6.45) is 0. The van der Waals surface area contributed by atoms with Crippen LogP contribution >= 0.6 is 11.6 Å². The molecular formula is C15H14ClFN2O2. The lowest BCUT2D eigenvalue weighted by molar-refractivity contribution is -0.118. The second-order valence-electron chi connectivity index (χ2n) is 4.28. The first-order valence-corrected chi connectivity index (χ1v) is 6.63. The van der Waals surface area contributed by atoms with E-state index < -0.39 is 11.7 Å². The van der Waals surface area contributed by atoms with Crippen molar-refractivity contribution < 1.29 is 13.9 Å². The second-order valence-corrected chi connectivity index (χ2v) is 4.72. The van der Waals surface area contributed by atoms with Gasteiger partial charge in [-0.05, 0) is 24.3 Å². The highest BCUT2D eigenvalue weighted by molar-refractivity contribution is 6.30. The first-order valence-electron chi connectivity index (χ1n) is 6.26. The lowest BCUT2D eigenvalue weighted by Crippen LogP contribution is -2.21. The molecule has 0 bridgehead atoms. The fraction of sp³-hybridized carbons (Fsp3) is 0.133. The van der Waals surface area contributed by atoms with Gasteiger partial charge in [-0.2, -0.15) is 0 Å². The molecule has 0 aliphatic carbocycles. The molecule has 1 amide bonds. The van der Waals surface area contributed by atoms with Gasteiger partial charge < -0.3 is 15.8 Å². The number of anilines is 1. The largest absolute Gasteiger partial charge is 0.480 e. The molecule has 0 unspecified atom stereocenters. The molecule has 0 fully saturated rings. The Bertz CT molecular complexity index is 649.